The lowest BCUT2D eigenvalue weighted by atomic mass is 9.81. The van der Waals surface area contributed by atoms with E-state index in [4.69, 9.17) is 4.74 Å². The van der Waals surface area contributed by atoms with Gasteiger partial charge in [0.1, 0.15) is 12.6 Å². The summed E-state index contributed by atoms with van der Waals surface area (Å²) in [6, 6.07) is 15.4. The van der Waals surface area contributed by atoms with Gasteiger partial charge in [0.25, 0.3) is 0 Å². The number of rotatable bonds is 6. The number of ether oxygens (including phenoxy) is 1. The van der Waals surface area contributed by atoms with E-state index in [0.29, 0.717) is 13.0 Å². The number of carboxylic acid groups (broad SMARTS) is 1. The van der Waals surface area contributed by atoms with E-state index in [1.54, 1.807) is 6.92 Å². The lowest BCUT2D eigenvalue weighted by Gasteiger charge is -2.25. The van der Waals surface area contributed by atoms with Gasteiger partial charge in [-0.3, -0.25) is 9.59 Å². The van der Waals surface area contributed by atoms with Gasteiger partial charge in [-0.05, 0) is 41.5 Å². The number of benzene rings is 2. The Balaban J connectivity index is 1.40. The van der Waals surface area contributed by atoms with Crippen molar-refractivity contribution in [2.45, 2.75) is 39.2 Å². The normalized spacial score (nSPS) is 22.4. The summed E-state index contributed by atoms with van der Waals surface area (Å²) in [6.45, 7) is 5.95. The number of carbonyl (C=O) groups excluding carboxylic acids is 2. The molecule has 0 spiro atoms. The van der Waals surface area contributed by atoms with Gasteiger partial charge >= 0.3 is 12.1 Å². The van der Waals surface area contributed by atoms with E-state index in [9.17, 15) is 19.5 Å². The standard InChI is InChI=1S/C26H30N2O5/c1-4-22(23(29)28-13-16(2)26(3,15-28)24(30)31)27-25(32)33-14-21-19-11-7-5-9-17(19)18-10-6-8-12-20(18)21/h5-12,16,21-22H,4,13-15H2,1-3H3,(H,27,32)(H,30,31)/t16-,22+,26-/m1/s1. The van der Waals surface area contributed by atoms with E-state index in [1.807, 2.05) is 50.2 Å². The number of hydrogen-bond acceptors (Lipinski definition) is 4. The minimum absolute atomic E-state index is 0.0605. The van der Waals surface area contributed by atoms with E-state index < -0.39 is 23.5 Å². The number of hydrogen-bond donors (Lipinski definition) is 2. The van der Waals surface area contributed by atoms with Gasteiger partial charge in [0.05, 0.1) is 5.41 Å². The van der Waals surface area contributed by atoms with Gasteiger partial charge < -0.3 is 20.1 Å². The van der Waals surface area contributed by atoms with Gasteiger partial charge in [-0.25, -0.2) is 4.79 Å². The molecule has 0 saturated carbocycles. The molecule has 33 heavy (non-hydrogen) atoms. The van der Waals surface area contributed by atoms with Crippen molar-refractivity contribution in [2.24, 2.45) is 11.3 Å². The Morgan fingerprint density at radius 1 is 1.12 bits per heavy atom. The molecular formula is C26H30N2O5. The molecule has 1 fully saturated rings. The maximum atomic E-state index is 13.0. The van der Waals surface area contributed by atoms with Gasteiger partial charge in [0, 0.05) is 19.0 Å². The third kappa shape index (κ3) is 4.08. The number of fused-ring (bicyclic) bond motifs is 3. The third-order valence-electron chi connectivity index (χ3n) is 7.24. The molecule has 4 rings (SSSR count). The molecule has 7 heteroatoms. The average Bonchev–Trinajstić information content (AvgIpc) is 3.30. The fourth-order valence-electron chi connectivity index (χ4n) is 4.94. The number of carbonyl (C=O) groups is 3. The Hall–Kier alpha value is -3.35. The minimum atomic E-state index is -0.988. The highest BCUT2D eigenvalue weighted by molar-refractivity contribution is 5.87. The molecule has 2 amide bonds. The number of carboxylic acids is 1. The molecule has 2 aliphatic rings. The van der Waals surface area contributed by atoms with Crippen LogP contribution in [-0.2, 0) is 14.3 Å². The van der Waals surface area contributed by atoms with Gasteiger partial charge in [0.2, 0.25) is 5.91 Å². The number of aliphatic carboxylic acids is 1. The van der Waals surface area contributed by atoms with Gasteiger partial charge in [-0.15, -0.1) is 0 Å². The summed E-state index contributed by atoms with van der Waals surface area (Å²) in [5.74, 6) is -1.42. The van der Waals surface area contributed by atoms with Crippen molar-refractivity contribution < 1.29 is 24.2 Å². The molecule has 2 N–H and O–H groups in total. The first-order valence-electron chi connectivity index (χ1n) is 11.4. The lowest BCUT2D eigenvalue weighted by molar-refractivity contribution is -0.149. The van der Waals surface area contributed by atoms with Crippen molar-refractivity contribution in [1.82, 2.24) is 10.2 Å². The molecule has 2 aromatic rings. The SMILES string of the molecule is CC[C@H](NC(=O)OCC1c2ccccc2-c2ccccc21)C(=O)N1C[C@@H](C)[C@](C)(C(=O)O)C1. The van der Waals surface area contributed by atoms with E-state index in [2.05, 4.69) is 17.4 Å². The van der Waals surface area contributed by atoms with E-state index in [0.717, 1.165) is 22.3 Å². The van der Waals surface area contributed by atoms with Crippen LogP contribution < -0.4 is 5.32 Å². The van der Waals surface area contributed by atoms with Crippen LogP contribution in [0, 0.1) is 11.3 Å². The topological polar surface area (TPSA) is 95.9 Å². The van der Waals surface area contributed by atoms with Crippen LogP contribution in [0.5, 0.6) is 0 Å². The second kappa shape index (κ2) is 8.89. The van der Waals surface area contributed by atoms with Crippen LogP contribution in [0.25, 0.3) is 11.1 Å². The van der Waals surface area contributed by atoms with E-state index >= 15 is 0 Å². The monoisotopic (exact) mass is 450 g/mol. The molecule has 0 bridgehead atoms. The van der Waals surface area contributed by atoms with Crippen molar-refractivity contribution in [3.05, 3.63) is 59.7 Å². The first-order valence-corrected chi connectivity index (χ1v) is 11.4. The molecule has 1 aliphatic heterocycles. The van der Waals surface area contributed by atoms with Crippen LogP contribution in [0.2, 0.25) is 0 Å². The third-order valence-corrected chi connectivity index (χ3v) is 7.24. The Bertz CT molecular complexity index is 1040. The number of alkyl carbamates (subject to hydrolysis) is 1. The highest BCUT2D eigenvalue weighted by Gasteiger charge is 2.48. The second-order valence-corrected chi connectivity index (χ2v) is 9.27. The number of amides is 2. The lowest BCUT2D eigenvalue weighted by Crippen LogP contribution is -2.48. The molecule has 3 atom stereocenters. The highest BCUT2D eigenvalue weighted by Crippen LogP contribution is 2.44. The van der Waals surface area contributed by atoms with E-state index in [1.165, 1.54) is 4.90 Å². The highest BCUT2D eigenvalue weighted by atomic mass is 16.5. The van der Waals surface area contributed by atoms with Crippen LogP contribution in [0.4, 0.5) is 4.79 Å². The molecule has 0 aromatic heterocycles. The fourth-order valence-corrected chi connectivity index (χ4v) is 4.94. The summed E-state index contributed by atoms with van der Waals surface area (Å²) < 4.78 is 5.57. The molecule has 7 nitrogen and oxygen atoms in total. The van der Waals surface area contributed by atoms with Crippen molar-refractivity contribution in [3.8, 4) is 11.1 Å². The van der Waals surface area contributed by atoms with Gasteiger partial charge in [0.15, 0.2) is 0 Å². The van der Waals surface area contributed by atoms with E-state index in [-0.39, 0.29) is 30.9 Å². The summed E-state index contributed by atoms with van der Waals surface area (Å²) in [4.78, 5) is 38.8. The summed E-state index contributed by atoms with van der Waals surface area (Å²) in [6.07, 6.45) is -0.261. The molecule has 2 aromatic carbocycles. The fraction of sp³-hybridized carbons (Fsp3) is 0.423. The summed E-state index contributed by atoms with van der Waals surface area (Å²) >= 11 is 0. The van der Waals surface area contributed by atoms with Gasteiger partial charge in [-0.2, -0.15) is 0 Å². The molecule has 174 valence electrons. The minimum Gasteiger partial charge on any atom is -0.481 e. The summed E-state index contributed by atoms with van der Waals surface area (Å²) in [7, 11) is 0. The van der Waals surface area contributed by atoms with Crippen LogP contribution in [0.15, 0.2) is 48.5 Å². The maximum absolute atomic E-state index is 13.0. The molecule has 0 radical (unpaired) electrons. The van der Waals surface area contributed by atoms with Crippen LogP contribution in [-0.4, -0.2) is 53.7 Å². The Morgan fingerprint density at radius 3 is 2.21 bits per heavy atom. The van der Waals surface area contributed by atoms with Crippen LogP contribution in [0.1, 0.15) is 44.2 Å². The Morgan fingerprint density at radius 2 is 1.70 bits per heavy atom. The number of nitrogens with one attached hydrogen (secondary N) is 1. The number of nitrogens with zero attached hydrogens (tertiary/aromatic N) is 1. The Labute approximate surface area is 193 Å². The Kier molecular flexibility index (Phi) is 6.15. The predicted octanol–water partition coefficient (Wildman–Crippen LogP) is 3.87. The molecular weight excluding hydrogens is 420 g/mol. The van der Waals surface area contributed by atoms with Crippen molar-refractivity contribution >= 4 is 18.0 Å². The van der Waals surface area contributed by atoms with Gasteiger partial charge in [-0.1, -0.05) is 62.4 Å². The predicted molar refractivity (Wildman–Crippen MR) is 124 cm³/mol. The molecule has 1 aliphatic carbocycles. The quantitative estimate of drug-likeness (QED) is 0.697. The second-order valence-electron chi connectivity index (χ2n) is 9.27. The molecule has 1 heterocycles. The van der Waals surface area contributed by atoms with Crippen molar-refractivity contribution in [2.75, 3.05) is 19.7 Å². The smallest absolute Gasteiger partial charge is 0.407 e. The zero-order valence-electron chi connectivity index (χ0n) is 19.2. The average molecular weight is 451 g/mol. The van der Waals surface area contributed by atoms with Crippen molar-refractivity contribution in [3.63, 3.8) is 0 Å². The molecule has 0 unspecified atom stereocenters. The first-order chi connectivity index (χ1) is 15.8. The summed E-state index contributed by atoms with van der Waals surface area (Å²) in [5, 5.41) is 12.3. The zero-order chi connectivity index (χ0) is 23.8. The number of likely N-dealkylation sites (tertiary alicyclic amines) is 1. The van der Waals surface area contributed by atoms with Crippen LogP contribution >= 0.6 is 0 Å². The largest absolute Gasteiger partial charge is 0.481 e. The van der Waals surface area contributed by atoms with Crippen molar-refractivity contribution in [1.29, 1.82) is 0 Å². The first kappa shape index (κ1) is 22.8. The van der Waals surface area contributed by atoms with Crippen LogP contribution in [0.3, 0.4) is 0 Å². The molecule has 1 saturated heterocycles. The maximum Gasteiger partial charge on any atom is 0.407 e. The zero-order valence-corrected chi connectivity index (χ0v) is 19.2. The summed E-state index contributed by atoms with van der Waals surface area (Å²) in [5.41, 5.74) is 3.54.